The van der Waals surface area contributed by atoms with Crippen LogP contribution in [0.5, 0.6) is 0 Å². The molecule has 0 aliphatic carbocycles. The lowest BCUT2D eigenvalue weighted by molar-refractivity contribution is -0.138. The lowest BCUT2D eigenvalue weighted by Crippen LogP contribution is -2.47. The Bertz CT molecular complexity index is 1420. The molecule has 2 aliphatic heterocycles. The van der Waals surface area contributed by atoms with Crippen molar-refractivity contribution >= 4 is 34.6 Å². The number of nitrogens with zero attached hydrogens (tertiary/aromatic N) is 3. The first kappa shape index (κ1) is 26.0. The minimum atomic E-state index is -4.48. The zero-order valence-corrected chi connectivity index (χ0v) is 20.3. The van der Waals surface area contributed by atoms with Crippen LogP contribution < -0.4 is 4.90 Å². The van der Waals surface area contributed by atoms with Crippen molar-refractivity contribution in [2.75, 3.05) is 31.1 Å². The molecule has 3 heterocycles. The van der Waals surface area contributed by atoms with E-state index >= 15 is 0 Å². The van der Waals surface area contributed by atoms with Gasteiger partial charge in [0.05, 0.1) is 16.0 Å². The second-order valence-electron chi connectivity index (χ2n) is 8.61. The number of rotatable bonds is 3. The minimum Gasteiger partial charge on any atom is -0.457 e. The molecular weight excluding hydrogens is 532 g/mol. The average Bonchev–Trinajstić information content (AvgIpc) is 3.50. The van der Waals surface area contributed by atoms with Crippen molar-refractivity contribution in [3.63, 3.8) is 0 Å². The normalized spacial score (nSPS) is 17.9. The fourth-order valence-electron chi connectivity index (χ4n) is 4.13. The van der Waals surface area contributed by atoms with Crippen LogP contribution in [0.3, 0.4) is 0 Å². The van der Waals surface area contributed by atoms with Gasteiger partial charge in [-0.2, -0.15) is 31.3 Å². The van der Waals surface area contributed by atoms with E-state index in [1.807, 2.05) is 9.80 Å². The molecule has 2 aliphatic rings. The van der Waals surface area contributed by atoms with E-state index in [9.17, 15) is 31.1 Å². The highest BCUT2D eigenvalue weighted by Gasteiger charge is 2.33. The van der Waals surface area contributed by atoms with Crippen LogP contribution >= 0.6 is 11.8 Å². The molecule has 1 amide bonds. The third-order valence-electron chi connectivity index (χ3n) is 6.07. The van der Waals surface area contributed by atoms with Gasteiger partial charge in [0.1, 0.15) is 11.5 Å². The SMILES string of the molecule is O=C1N=C(N2CCN(c3cccc(C(F)(F)F)c3)CC2)S/C1=C\c1ccc(-c2cccc(C(F)(F)F)c2)o1. The first-order chi connectivity index (χ1) is 18.0. The van der Waals surface area contributed by atoms with Crippen molar-refractivity contribution in [2.24, 2.45) is 4.99 Å². The lowest BCUT2D eigenvalue weighted by atomic mass is 10.1. The Morgan fingerprint density at radius 1 is 0.816 bits per heavy atom. The van der Waals surface area contributed by atoms with Crippen LogP contribution in [-0.2, 0) is 17.1 Å². The summed E-state index contributed by atoms with van der Waals surface area (Å²) < 4.78 is 83.9. The van der Waals surface area contributed by atoms with Crippen molar-refractivity contribution in [2.45, 2.75) is 12.4 Å². The van der Waals surface area contributed by atoms with Gasteiger partial charge in [0.15, 0.2) is 5.17 Å². The predicted octanol–water partition coefficient (Wildman–Crippen LogP) is 6.78. The molecule has 1 fully saturated rings. The zero-order chi connectivity index (χ0) is 27.1. The largest absolute Gasteiger partial charge is 0.457 e. The van der Waals surface area contributed by atoms with E-state index in [0.717, 1.165) is 36.0 Å². The van der Waals surface area contributed by atoms with Gasteiger partial charge in [-0.05, 0) is 54.2 Å². The molecule has 0 spiro atoms. The van der Waals surface area contributed by atoms with Gasteiger partial charge in [-0.25, -0.2) is 0 Å². The van der Waals surface area contributed by atoms with Crippen molar-refractivity contribution in [1.82, 2.24) is 4.90 Å². The summed E-state index contributed by atoms with van der Waals surface area (Å²) in [4.78, 5) is 20.6. The molecule has 0 atom stereocenters. The van der Waals surface area contributed by atoms with Crippen LogP contribution in [0.15, 0.2) is 75.0 Å². The molecule has 0 saturated carbocycles. The Hall–Kier alpha value is -3.67. The maximum Gasteiger partial charge on any atom is 0.416 e. The summed E-state index contributed by atoms with van der Waals surface area (Å²) in [6, 6.07) is 13.0. The number of aliphatic imine (C=N–C) groups is 1. The van der Waals surface area contributed by atoms with Crippen LogP contribution in [0.1, 0.15) is 16.9 Å². The number of thioether (sulfide) groups is 1. The number of hydrogen-bond acceptors (Lipinski definition) is 5. The number of hydrogen-bond donors (Lipinski definition) is 0. The highest BCUT2D eigenvalue weighted by atomic mass is 32.2. The molecule has 1 saturated heterocycles. The number of carbonyl (C=O) groups excluding carboxylic acids is 1. The Balaban J connectivity index is 1.23. The van der Waals surface area contributed by atoms with E-state index in [2.05, 4.69) is 4.99 Å². The summed E-state index contributed by atoms with van der Waals surface area (Å²) in [5, 5.41) is 0.481. The molecule has 0 unspecified atom stereocenters. The topological polar surface area (TPSA) is 49.1 Å². The van der Waals surface area contributed by atoms with Gasteiger partial charge < -0.3 is 14.2 Å². The van der Waals surface area contributed by atoms with E-state index in [1.54, 1.807) is 12.1 Å². The Kier molecular flexibility index (Phi) is 6.76. The Labute approximate surface area is 217 Å². The molecule has 5 rings (SSSR count). The fraction of sp³-hybridized carbons (Fsp3) is 0.231. The molecule has 198 valence electrons. The van der Waals surface area contributed by atoms with Crippen molar-refractivity contribution in [1.29, 1.82) is 0 Å². The van der Waals surface area contributed by atoms with Crippen LogP contribution in [0, 0.1) is 0 Å². The maximum absolute atomic E-state index is 13.0. The lowest BCUT2D eigenvalue weighted by Gasteiger charge is -2.36. The number of benzene rings is 2. The maximum atomic E-state index is 13.0. The van der Waals surface area contributed by atoms with Crippen LogP contribution in [0.2, 0.25) is 0 Å². The highest BCUT2D eigenvalue weighted by molar-refractivity contribution is 8.18. The summed E-state index contributed by atoms with van der Waals surface area (Å²) in [6.07, 6.45) is -7.41. The second-order valence-corrected chi connectivity index (χ2v) is 9.62. The average molecular weight is 552 g/mol. The summed E-state index contributed by atoms with van der Waals surface area (Å²) in [5.74, 6) is 0.0478. The number of amidine groups is 1. The zero-order valence-electron chi connectivity index (χ0n) is 19.5. The quantitative estimate of drug-likeness (QED) is 0.266. The number of amides is 1. The molecule has 5 nitrogen and oxygen atoms in total. The number of halogens is 6. The first-order valence-corrected chi connectivity index (χ1v) is 12.3. The van der Waals surface area contributed by atoms with Gasteiger partial charge in [0.2, 0.25) is 0 Å². The Morgan fingerprint density at radius 2 is 1.45 bits per heavy atom. The van der Waals surface area contributed by atoms with Crippen molar-refractivity contribution < 1.29 is 35.6 Å². The van der Waals surface area contributed by atoms with Crippen molar-refractivity contribution in [3.8, 4) is 11.3 Å². The molecule has 12 heteroatoms. The van der Waals surface area contributed by atoms with E-state index in [0.29, 0.717) is 47.7 Å². The predicted molar refractivity (Wildman–Crippen MR) is 132 cm³/mol. The summed E-state index contributed by atoms with van der Waals surface area (Å²) in [5.41, 5.74) is -0.765. The number of piperazine rings is 1. The molecule has 2 aromatic carbocycles. The molecule has 0 N–H and O–H groups in total. The third-order valence-corrected chi connectivity index (χ3v) is 7.12. The van der Waals surface area contributed by atoms with Gasteiger partial charge in [-0.15, -0.1) is 0 Å². The second kappa shape index (κ2) is 9.90. The van der Waals surface area contributed by atoms with Gasteiger partial charge in [-0.3, -0.25) is 4.79 Å². The summed E-state index contributed by atoms with van der Waals surface area (Å²) in [6.45, 7) is 1.82. The Morgan fingerprint density at radius 3 is 2.13 bits per heavy atom. The fourth-order valence-corrected chi connectivity index (χ4v) is 5.08. The molecule has 3 aromatic rings. The van der Waals surface area contributed by atoms with E-state index in [4.69, 9.17) is 4.42 Å². The number of furan rings is 1. The molecule has 1 aromatic heterocycles. The number of alkyl halides is 6. The van der Waals surface area contributed by atoms with Gasteiger partial charge >= 0.3 is 12.4 Å². The third kappa shape index (κ3) is 5.59. The summed E-state index contributed by atoms with van der Waals surface area (Å²) in [7, 11) is 0. The number of carbonyl (C=O) groups is 1. The molecule has 38 heavy (non-hydrogen) atoms. The van der Waals surface area contributed by atoms with Crippen LogP contribution in [0.25, 0.3) is 17.4 Å². The number of anilines is 1. The minimum absolute atomic E-state index is 0.227. The van der Waals surface area contributed by atoms with Crippen LogP contribution in [-0.4, -0.2) is 42.2 Å². The van der Waals surface area contributed by atoms with E-state index < -0.39 is 29.4 Å². The smallest absolute Gasteiger partial charge is 0.416 e. The van der Waals surface area contributed by atoms with Crippen LogP contribution in [0.4, 0.5) is 32.0 Å². The molecule has 0 radical (unpaired) electrons. The van der Waals surface area contributed by atoms with E-state index in [1.165, 1.54) is 30.3 Å². The van der Waals surface area contributed by atoms with E-state index in [-0.39, 0.29) is 11.3 Å². The first-order valence-electron chi connectivity index (χ1n) is 11.4. The van der Waals surface area contributed by atoms with Gasteiger partial charge in [-0.1, -0.05) is 18.2 Å². The van der Waals surface area contributed by atoms with Crippen molar-refractivity contribution in [3.05, 3.63) is 82.5 Å². The van der Waals surface area contributed by atoms with Gasteiger partial charge in [0, 0.05) is 43.5 Å². The molecule has 0 bridgehead atoms. The summed E-state index contributed by atoms with van der Waals surface area (Å²) >= 11 is 1.15. The standard InChI is InChI=1S/C26H19F6N3O2S/c27-25(28,29)17-4-1-3-16(13-17)21-8-7-20(37-21)15-22-23(36)33-24(38-22)35-11-9-34(10-12-35)19-6-2-5-18(14-19)26(30,31)32/h1-8,13-15H,9-12H2/b22-15-. The highest BCUT2D eigenvalue weighted by Crippen LogP contribution is 2.35. The molecular formula is C26H19F6N3O2S. The van der Waals surface area contributed by atoms with Gasteiger partial charge in [0.25, 0.3) is 5.91 Å². The monoisotopic (exact) mass is 551 g/mol.